The molecule has 116 valence electrons. The van der Waals surface area contributed by atoms with Crippen LogP contribution in [0, 0.1) is 28.6 Å². The van der Waals surface area contributed by atoms with Crippen molar-refractivity contribution in [3.05, 3.63) is 11.1 Å². The zero-order chi connectivity index (χ0) is 14.8. The Morgan fingerprint density at radius 1 is 0.952 bits per heavy atom. The van der Waals surface area contributed by atoms with E-state index in [2.05, 4.69) is 20.8 Å². The third-order valence-electron chi connectivity index (χ3n) is 8.08. The molecule has 0 saturated heterocycles. The Bertz CT molecular complexity index is 516. The highest BCUT2D eigenvalue weighted by molar-refractivity contribution is 5.87. The van der Waals surface area contributed by atoms with Gasteiger partial charge in [0.05, 0.1) is 0 Å². The van der Waals surface area contributed by atoms with Gasteiger partial charge in [0.1, 0.15) is 5.78 Å². The first kappa shape index (κ1) is 14.0. The van der Waals surface area contributed by atoms with Crippen LogP contribution in [0.5, 0.6) is 0 Å². The molecule has 0 heterocycles. The molecule has 0 amide bonds. The van der Waals surface area contributed by atoms with Crippen LogP contribution in [-0.2, 0) is 4.79 Å². The minimum atomic E-state index is 0.0317. The third kappa shape index (κ3) is 1.72. The van der Waals surface area contributed by atoms with Gasteiger partial charge in [-0.2, -0.15) is 0 Å². The first-order valence-corrected chi connectivity index (χ1v) is 9.19. The van der Waals surface area contributed by atoms with Crippen molar-refractivity contribution in [1.29, 1.82) is 0 Å². The number of rotatable bonds is 0. The van der Waals surface area contributed by atoms with Crippen molar-refractivity contribution in [2.45, 2.75) is 78.6 Å². The summed E-state index contributed by atoms with van der Waals surface area (Å²) in [7, 11) is 0. The Labute approximate surface area is 129 Å². The molecule has 4 rings (SSSR count). The van der Waals surface area contributed by atoms with E-state index in [1.54, 1.807) is 5.57 Å². The summed E-state index contributed by atoms with van der Waals surface area (Å²) in [6.07, 6.45) is 11.4. The molecule has 0 radical (unpaired) electrons. The second-order valence-electron chi connectivity index (χ2n) is 8.88. The molecule has 21 heavy (non-hydrogen) atoms. The number of Topliss-reactive ketones (excluding diaryl/α,β-unsaturated/α-hetero) is 1. The molecule has 0 aliphatic heterocycles. The lowest BCUT2D eigenvalue weighted by Crippen LogP contribution is -2.50. The maximum Gasteiger partial charge on any atom is 0.139 e. The van der Waals surface area contributed by atoms with E-state index in [9.17, 15) is 4.79 Å². The molecular weight excluding hydrogens is 256 g/mol. The van der Waals surface area contributed by atoms with E-state index in [1.807, 2.05) is 5.57 Å². The van der Waals surface area contributed by atoms with Crippen molar-refractivity contribution in [2.24, 2.45) is 28.6 Å². The van der Waals surface area contributed by atoms with Crippen LogP contribution in [0.3, 0.4) is 0 Å². The molecule has 3 fully saturated rings. The van der Waals surface area contributed by atoms with Gasteiger partial charge in [-0.15, -0.1) is 0 Å². The maximum absolute atomic E-state index is 12.4. The predicted molar refractivity (Wildman–Crippen MR) is 85.9 cm³/mol. The van der Waals surface area contributed by atoms with Crippen molar-refractivity contribution < 1.29 is 4.79 Å². The molecule has 0 N–H and O–H groups in total. The average molecular weight is 286 g/mol. The largest absolute Gasteiger partial charge is 0.299 e. The van der Waals surface area contributed by atoms with Gasteiger partial charge in [-0.3, -0.25) is 4.79 Å². The van der Waals surface area contributed by atoms with Gasteiger partial charge in [-0.1, -0.05) is 31.4 Å². The number of carbonyl (C=O) groups is 1. The normalized spacial score (nSPS) is 49.7. The summed E-state index contributed by atoms with van der Waals surface area (Å²) in [5, 5.41) is 0. The Morgan fingerprint density at radius 3 is 2.52 bits per heavy atom. The molecule has 0 spiro atoms. The zero-order valence-corrected chi connectivity index (χ0v) is 14.0. The van der Waals surface area contributed by atoms with Crippen LogP contribution in [0.4, 0.5) is 0 Å². The van der Waals surface area contributed by atoms with Gasteiger partial charge < -0.3 is 0 Å². The van der Waals surface area contributed by atoms with Crippen LogP contribution in [0.25, 0.3) is 0 Å². The van der Waals surface area contributed by atoms with Crippen molar-refractivity contribution in [3.8, 4) is 0 Å². The van der Waals surface area contributed by atoms with E-state index >= 15 is 0 Å². The highest BCUT2D eigenvalue weighted by Crippen LogP contribution is 2.65. The standard InChI is InChI=1S/C20H30O/c1-13-12-14-16-7-8-18(21)20(16,3)11-9-17(14)19(2)10-5-4-6-15(13)19/h14,16-17H,4-12H2,1-3H3/t14-,16-,17-,19-,20-/m0/s1. The van der Waals surface area contributed by atoms with Gasteiger partial charge in [-0.25, -0.2) is 0 Å². The molecule has 1 nitrogen and oxygen atoms in total. The summed E-state index contributed by atoms with van der Waals surface area (Å²) in [6, 6.07) is 0. The van der Waals surface area contributed by atoms with Gasteiger partial charge in [0.25, 0.3) is 0 Å². The second-order valence-corrected chi connectivity index (χ2v) is 8.88. The zero-order valence-electron chi connectivity index (χ0n) is 14.0. The maximum atomic E-state index is 12.4. The molecule has 5 atom stereocenters. The molecule has 0 aromatic rings. The van der Waals surface area contributed by atoms with E-state index in [0.29, 0.717) is 17.1 Å². The summed E-state index contributed by atoms with van der Waals surface area (Å²) < 4.78 is 0. The van der Waals surface area contributed by atoms with Crippen LogP contribution in [0.1, 0.15) is 78.6 Å². The molecule has 0 aromatic carbocycles. The van der Waals surface area contributed by atoms with Crippen LogP contribution < -0.4 is 0 Å². The van der Waals surface area contributed by atoms with E-state index in [4.69, 9.17) is 0 Å². The van der Waals surface area contributed by atoms with Gasteiger partial charge in [0, 0.05) is 11.8 Å². The van der Waals surface area contributed by atoms with E-state index in [0.717, 1.165) is 18.3 Å². The fourth-order valence-electron chi connectivity index (χ4n) is 6.95. The Balaban J connectivity index is 1.75. The van der Waals surface area contributed by atoms with Crippen LogP contribution in [0.2, 0.25) is 0 Å². The molecular formula is C20H30O. The summed E-state index contributed by atoms with van der Waals surface area (Å²) in [5.74, 6) is 2.91. The smallest absolute Gasteiger partial charge is 0.139 e. The van der Waals surface area contributed by atoms with E-state index in [-0.39, 0.29) is 5.41 Å². The molecule has 4 aliphatic carbocycles. The molecule has 0 bridgehead atoms. The van der Waals surface area contributed by atoms with E-state index in [1.165, 1.54) is 51.4 Å². The monoisotopic (exact) mass is 286 g/mol. The van der Waals surface area contributed by atoms with Crippen molar-refractivity contribution in [3.63, 3.8) is 0 Å². The van der Waals surface area contributed by atoms with Crippen LogP contribution >= 0.6 is 0 Å². The first-order chi connectivity index (χ1) is 9.97. The van der Waals surface area contributed by atoms with Crippen molar-refractivity contribution in [1.82, 2.24) is 0 Å². The number of hydrogen-bond donors (Lipinski definition) is 0. The molecule has 0 unspecified atom stereocenters. The first-order valence-electron chi connectivity index (χ1n) is 9.19. The quantitative estimate of drug-likeness (QED) is 0.552. The minimum absolute atomic E-state index is 0.0317. The Hall–Kier alpha value is -0.590. The predicted octanol–water partition coefficient (Wildman–Crippen LogP) is 5.30. The lowest BCUT2D eigenvalue weighted by molar-refractivity contribution is -0.131. The third-order valence-corrected chi connectivity index (χ3v) is 8.08. The molecule has 4 aliphatic rings. The Morgan fingerprint density at radius 2 is 1.71 bits per heavy atom. The fourth-order valence-corrected chi connectivity index (χ4v) is 6.95. The SMILES string of the molecule is CC1=C2CCCC[C@]2(C)[C@H]2CC[C@]3(C)C(=O)CC[C@H]3[C@@H]2C1. The van der Waals surface area contributed by atoms with Gasteiger partial charge in [-0.05, 0) is 75.0 Å². The topological polar surface area (TPSA) is 17.1 Å². The van der Waals surface area contributed by atoms with Crippen molar-refractivity contribution >= 4 is 5.78 Å². The fraction of sp³-hybridized carbons (Fsp3) is 0.850. The van der Waals surface area contributed by atoms with Gasteiger partial charge in [0.15, 0.2) is 0 Å². The number of fused-ring (bicyclic) bond motifs is 5. The summed E-state index contributed by atoms with van der Waals surface area (Å²) in [5.41, 5.74) is 4.02. The summed E-state index contributed by atoms with van der Waals surface area (Å²) in [4.78, 5) is 12.4. The molecule has 0 aromatic heterocycles. The van der Waals surface area contributed by atoms with Gasteiger partial charge >= 0.3 is 0 Å². The van der Waals surface area contributed by atoms with E-state index < -0.39 is 0 Å². The number of allylic oxidation sites excluding steroid dienone is 2. The highest BCUT2D eigenvalue weighted by Gasteiger charge is 2.58. The number of ketones is 1. The molecule has 3 saturated carbocycles. The minimum Gasteiger partial charge on any atom is -0.299 e. The number of hydrogen-bond acceptors (Lipinski definition) is 1. The second kappa shape index (κ2) is 4.46. The van der Waals surface area contributed by atoms with Gasteiger partial charge in [0.2, 0.25) is 0 Å². The summed E-state index contributed by atoms with van der Waals surface area (Å²) in [6.45, 7) is 7.26. The van der Waals surface area contributed by atoms with Crippen LogP contribution in [0.15, 0.2) is 11.1 Å². The lowest BCUT2D eigenvalue weighted by atomic mass is 9.47. The van der Waals surface area contributed by atoms with Crippen molar-refractivity contribution in [2.75, 3.05) is 0 Å². The lowest BCUT2D eigenvalue weighted by Gasteiger charge is -2.57. The highest BCUT2D eigenvalue weighted by atomic mass is 16.1. The summed E-state index contributed by atoms with van der Waals surface area (Å²) >= 11 is 0. The molecule has 1 heteroatoms. The van der Waals surface area contributed by atoms with Crippen LogP contribution in [-0.4, -0.2) is 5.78 Å². The number of carbonyl (C=O) groups excluding carboxylic acids is 1. The average Bonchev–Trinajstić information content (AvgIpc) is 2.75. The Kier molecular flexibility index (Phi) is 2.98.